The van der Waals surface area contributed by atoms with Gasteiger partial charge in [0.15, 0.2) is 11.5 Å². The lowest BCUT2D eigenvalue weighted by Crippen LogP contribution is -2.38. The highest BCUT2D eigenvalue weighted by molar-refractivity contribution is 5.92. The van der Waals surface area contributed by atoms with Crippen LogP contribution < -0.4 is 4.74 Å². The Morgan fingerprint density at radius 3 is 3.00 bits per heavy atom. The molecular weight excluding hydrogens is 356 g/mol. The van der Waals surface area contributed by atoms with Crippen molar-refractivity contribution in [2.45, 2.75) is 38.8 Å². The van der Waals surface area contributed by atoms with Crippen LogP contribution in [0, 0.1) is 6.92 Å². The van der Waals surface area contributed by atoms with Gasteiger partial charge in [-0.25, -0.2) is 0 Å². The Balaban J connectivity index is 1.44. The molecule has 0 bridgehead atoms. The molecule has 3 aromatic rings. The van der Waals surface area contributed by atoms with Crippen LogP contribution in [0.5, 0.6) is 5.75 Å². The van der Waals surface area contributed by atoms with Gasteiger partial charge < -0.3 is 14.2 Å². The zero-order chi connectivity index (χ0) is 19.3. The number of rotatable bonds is 5. The highest BCUT2D eigenvalue weighted by atomic mass is 16.5. The molecule has 0 aliphatic carbocycles. The Morgan fingerprint density at radius 2 is 2.21 bits per heavy atom. The van der Waals surface area contributed by atoms with Gasteiger partial charge in [-0.2, -0.15) is 0 Å². The van der Waals surface area contributed by atoms with Crippen molar-refractivity contribution in [2.75, 3.05) is 6.54 Å². The van der Waals surface area contributed by atoms with Gasteiger partial charge >= 0.3 is 0 Å². The Labute approximate surface area is 163 Å². The number of carbonyl (C=O) groups excluding carboxylic acids is 1. The SMILES string of the molecule is Cc1ccc(OCc2cc(C(=O)N3CCCC[C@H]3c3cccnc3)no2)cn1. The molecule has 0 aromatic carbocycles. The molecule has 4 heterocycles. The minimum Gasteiger partial charge on any atom is -0.484 e. The summed E-state index contributed by atoms with van der Waals surface area (Å²) in [6.45, 7) is 2.81. The molecule has 28 heavy (non-hydrogen) atoms. The maximum Gasteiger partial charge on any atom is 0.276 e. The Morgan fingerprint density at radius 1 is 1.29 bits per heavy atom. The largest absolute Gasteiger partial charge is 0.484 e. The molecule has 0 spiro atoms. The minimum absolute atomic E-state index is 0.0185. The van der Waals surface area contributed by atoms with E-state index in [1.54, 1.807) is 18.5 Å². The number of amides is 1. The summed E-state index contributed by atoms with van der Waals surface area (Å²) in [6, 6.07) is 9.30. The van der Waals surface area contributed by atoms with Crippen LogP contribution in [0.4, 0.5) is 0 Å². The molecule has 3 aromatic heterocycles. The molecule has 1 atom stereocenters. The number of pyridine rings is 2. The zero-order valence-corrected chi connectivity index (χ0v) is 15.7. The predicted octanol–water partition coefficient (Wildman–Crippen LogP) is 3.72. The fourth-order valence-electron chi connectivity index (χ4n) is 3.42. The highest BCUT2D eigenvalue weighted by Crippen LogP contribution is 2.31. The first kappa shape index (κ1) is 18.2. The van der Waals surface area contributed by atoms with Crippen LogP contribution in [0.15, 0.2) is 53.4 Å². The summed E-state index contributed by atoms with van der Waals surface area (Å²) in [7, 11) is 0. The number of hydrogen-bond acceptors (Lipinski definition) is 6. The quantitative estimate of drug-likeness (QED) is 0.673. The van der Waals surface area contributed by atoms with Crippen LogP contribution in [0.1, 0.15) is 52.8 Å². The third-order valence-corrected chi connectivity index (χ3v) is 4.88. The van der Waals surface area contributed by atoms with E-state index >= 15 is 0 Å². The van der Waals surface area contributed by atoms with Gasteiger partial charge in [0, 0.05) is 30.7 Å². The normalized spacial score (nSPS) is 16.8. The minimum atomic E-state index is -0.124. The van der Waals surface area contributed by atoms with Crippen molar-refractivity contribution < 1.29 is 14.1 Å². The lowest BCUT2D eigenvalue weighted by molar-refractivity contribution is 0.0600. The van der Waals surface area contributed by atoms with E-state index in [9.17, 15) is 4.79 Å². The van der Waals surface area contributed by atoms with Crippen LogP contribution in [0.2, 0.25) is 0 Å². The van der Waals surface area contributed by atoms with Crippen molar-refractivity contribution in [3.8, 4) is 5.75 Å². The van der Waals surface area contributed by atoms with E-state index in [0.717, 1.165) is 30.5 Å². The van der Waals surface area contributed by atoms with Gasteiger partial charge in [-0.15, -0.1) is 0 Å². The van der Waals surface area contributed by atoms with Crippen molar-refractivity contribution in [1.29, 1.82) is 0 Å². The topological polar surface area (TPSA) is 81.4 Å². The van der Waals surface area contributed by atoms with Crippen LogP contribution in [-0.4, -0.2) is 32.5 Å². The third-order valence-electron chi connectivity index (χ3n) is 4.88. The van der Waals surface area contributed by atoms with E-state index in [0.29, 0.717) is 23.7 Å². The molecule has 1 amide bonds. The van der Waals surface area contributed by atoms with Crippen molar-refractivity contribution >= 4 is 5.91 Å². The molecule has 0 N–H and O–H groups in total. The molecule has 7 nitrogen and oxygen atoms in total. The molecule has 1 aliphatic heterocycles. The fraction of sp³-hybridized carbons (Fsp3) is 0.333. The number of carbonyl (C=O) groups is 1. The average Bonchev–Trinajstić information content (AvgIpc) is 3.22. The second kappa shape index (κ2) is 8.21. The lowest BCUT2D eigenvalue weighted by Gasteiger charge is -2.35. The van der Waals surface area contributed by atoms with E-state index < -0.39 is 0 Å². The number of ether oxygens (including phenoxy) is 1. The Kier molecular flexibility index (Phi) is 5.32. The molecule has 144 valence electrons. The van der Waals surface area contributed by atoms with Crippen LogP contribution in [-0.2, 0) is 6.61 Å². The van der Waals surface area contributed by atoms with E-state index in [4.69, 9.17) is 9.26 Å². The molecule has 0 unspecified atom stereocenters. The molecule has 1 aliphatic rings. The van der Waals surface area contributed by atoms with E-state index in [2.05, 4.69) is 15.1 Å². The molecular formula is C21H22N4O3. The summed E-state index contributed by atoms with van der Waals surface area (Å²) >= 11 is 0. The number of hydrogen-bond donors (Lipinski definition) is 0. The summed E-state index contributed by atoms with van der Waals surface area (Å²) in [5, 5.41) is 3.97. The van der Waals surface area contributed by atoms with Crippen molar-refractivity contribution in [2.24, 2.45) is 0 Å². The van der Waals surface area contributed by atoms with Gasteiger partial charge in [0.1, 0.15) is 12.4 Å². The average molecular weight is 378 g/mol. The Hall–Kier alpha value is -3.22. The number of aryl methyl sites for hydroxylation is 1. The zero-order valence-electron chi connectivity index (χ0n) is 15.7. The smallest absolute Gasteiger partial charge is 0.276 e. The van der Waals surface area contributed by atoms with Crippen LogP contribution >= 0.6 is 0 Å². The number of nitrogens with zero attached hydrogens (tertiary/aromatic N) is 4. The molecule has 0 saturated carbocycles. The Bertz CT molecular complexity index is 924. The summed E-state index contributed by atoms with van der Waals surface area (Å²) in [6.07, 6.45) is 8.22. The first-order valence-electron chi connectivity index (χ1n) is 9.42. The van der Waals surface area contributed by atoms with E-state index in [1.807, 2.05) is 42.3 Å². The standard InChI is InChI=1S/C21H22N4O3/c1-15-7-8-17(13-23-15)27-14-18-11-19(24-28-18)21(26)25-10-3-2-6-20(25)16-5-4-9-22-12-16/h4-5,7-9,11-13,20H,2-3,6,10,14H2,1H3/t20-/m0/s1. The monoisotopic (exact) mass is 378 g/mol. The van der Waals surface area contributed by atoms with Gasteiger partial charge in [-0.1, -0.05) is 11.2 Å². The van der Waals surface area contributed by atoms with Crippen LogP contribution in [0.3, 0.4) is 0 Å². The molecule has 1 fully saturated rings. The van der Waals surface area contributed by atoms with E-state index in [1.165, 1.54) is 0 Å². The summed E-state index contributed by atoms with van der Waals surface area (Å²) in [5.41, 5.74) is 2.27. The van der Waals surface area contributed by atoms with Gasteiger partial charge in [0.05, 0.1) is 12.2 Å². The van der Waals surface area contributed by atoms with Gasteiger partial charge in [0.2, 0.25) is 0 Å². The fourth-order valence-corrected chi connectivity index (χ4v) is 3.42. The molecule has 1 saturated heterocycles. The summed E-state index contributed by atoms with van der Waals surface area (Å²) in [5.74, 6) is 1.02. The number of likely N-dealkylation sites (tertiary alicyclic amines) is 1. The maximum atomic E-state index is 13.0. The maximum absolute atomic E-state index is 13.0. The van der Waals surface area contributed by atoms with Crippen molar-refractivity contribution in [3.05, 3.63) is 71.6 Å². The number of aromatic nitrogens is 3. The molecule has 0 radical (unpaired) electrons. The first-order chi connectivity index (χ1) is 13.7. The van der Waals surface area contributed by atoms with Gasteiger partial charge in [-0.05, 0) is 49.9 Å². The van der Waals surface area contributed by atoms with Gasteiger partial charge in [-0.3, -0.25) is 14.8 Å². The summed E-state index contributed by atoms with van der Waals surface area (Å²) < 4.78 is 11.0. The first-order valence-corrected chi connectivity index (χ1v) is 9.42. The van der Waals surface area contributed by atoms with Crippen LogP contribution in [0.25, 0.3) is 0 Å². The second-order valence-electron chi connectivity index (χ2n) is 6.90. The second-order valence-corrected chi connectivity index (χ2v) is 6.90. The predicted molar refractivity (Wildman–Crippen MR) is 102 cm³/mol. The van der Waals surface area contributed by atoms with E-state index in [-0.39, 0.29) is 18.6 Å². The molecule has 7 heteroatoms. The number of piperidine rings is 1. The van der Waals surface area contributed by atoms with Crippen molar-refractivity contribution in [3.63, 3.8) is 0 Å². The molecule has 4 rings (SSSR count). The van der Waals surface area contributed by atoms with Gasteiger partial charge in [0.25, 0.3) is 5.91 Å². The highest BCUT2D eigenvalue weighted by Gasteiger charge is 2.30. The lowest BCUT2D eigenvalue weighted by atomic mass is 9.96. The van der Waals surface area contributed by atoms with Crippen molar-refractivity contribution in [1.82, 2.24) is 20.0 Å². The third kappa shape index (κ3) is 4.03. The summed E-state index contributed by atoms with van der Waals surface area (Å²) in [4.78, 5) is 23.3.